The number of thioether (sulfide) groups is 1. The molecule has 6 nitrogen and oxygen atoms in total. The molecular weight excluding hydrogens is 391 g/mol. The molecule has 0 saturated carbocycles. The number of benzene rings is 1. The number of piperazine rings is 1. The van der Waals surface area contributed by atoms with Crippen molar-refractivity contribution >= 4 is 23.7 Å². The van der Waals surface area contributed by atoms with E-state index in [1.54, 1.807) is 23.9 Å². The molecule has 8 heteroatoms. The Hall–Kier alpha value is -1.80. The molecule has 2 saturated heterocycles. The molecule has 2 atom stereocenters. The van der Waals surface area contributed by atoms with Gasteiger partial charge in [-0.05, 0) is 38.0 Å². The maximum absolute atomic E-state index is 13.3. The molecule has 3 amide bonds. The summed E-state index contributed by atoms with van der Waals surface area (Å²) in [5.74, 6) is -0.0772. The van der Waals surface area contributed by atoms with Gasteiger partial charge in [0.2, 0.25) is 5.91 Å². The van der Waals surface area contributed by atoms with Gasteiger partial charge in [-0.1, -0.05) is 19.1 Å². The fraction of sp³-hybridized carbons (Fsp3) is 0.619. The van der Waals surface area contributed by atoms with Gasteiger partial charge in [-0.25, -0.2) is 9.18 Å². The normalized spacial score (nSPS) is 23.1. The molecular formula is C21H32FN4O2S+. The summed E-state index contributed by atoms with van der Waals surface area (Å²) in [4.78, 5) is 30.2. The van der Waals surface area contributed by atoms with Crippen LogP contribution in [0.1, 0.15) is 38.1 Å². The topological polar surface area (TPSA) is 57.1 Å². The number of quaternary nitrogens is 1. The minimum absolute atomic E-state index is 0.00679. The van der Waals surface area contributed by atoms with E-state index in [1.165, 1.54) is 17.0 Å². The zero-order chi connectivity index (χ0) is 21.0. The van der Waals surface area contributed by atoms with Crippen LogP contribution in [0.2, 0.25) is 0 Å². The zero-order valence-corrected chi connectivity index (χ0v) is 18.3. The van der Waals surface area contributed by atoms with Crippen molar-refractivity contribution in [1.29, 1.82) is 0 Å². The van der Waals surface area contributed by atoms with Gasteiger partial charge in [0, 0.05) is 6.04 Å². The monoisotopic (exact) mass is 423 g/mol. The molecule has 1 aromatic rings. The molecule has 3 rings (SSSR count). The summed E-state index contributed by atoms with van der Waals surface area (Å²) >= 11 is 1.67. The summed E-state index contributed by atoms with van der Waals surface area (Å²) in [6, 6.07) is 6.64. The number of rotatable bonds is 6. The van der Waals surface area contributed by atoms with Crippen molar-refractivity contribution in [3.63, 3.8) is 0 Å². The van der Waals surface area contributed by atoms with E-state index >= 15 is 0 Å². The Balaban J connectivity index is 1.56. The molecule has 2 N–H and O–H groups in total. The first-order chi connectivity index (χ1) is 13.9. The number of halogens is 1. The van der Waals surface area contributed by atoms with Crippen molar-refractivity contribution < 1.29 is 18.9 Å². The summed E-state index contributed by atoms with van der Waals surface area (Å²) in [6.07, 6.45) is 0.800. The zero-order valence-electron chi connectivity index (χ0n) is 17.5. The predicted molar refractivity (Wildman–Crippen MR) is 113 cm³/mol. The van der Waals surface area contributed by atoms with Crippen LogP contribution < -0.4 is 10.2 Å². The van der Waals surface area contributed by atoms with Crippen molar-refractivity contribution in [1.82, 2.24) is 15.1 Å². The summed E-state index contributed by atoms with van der Waals surface area (Å²) in [5, 5.41) is 2.86. The third-order valence-corrected chi connectivity index (χ3v) is 7.18. The summed E-state index contributed by atoms with van der Waals surface area (Å²) in [7, 11) is 0. The maximum Gasteiger partial charge on any atom is 0.318 e. The van der Waals surface area contributed by atoms with Gasteiger partial charge in [0.15, 0.2) is 0 Å². The van der Waals surface area contributed by atoms with Gasteiger partial charge < -0.3 is 20.0 Å². The van der Waals surface area contributed by atoms with Crippen molar-refractivity contribution in [2.75, 3.05) is 39.3 Å². The number of carbonyl (C=O) groups excluding carboxylic acids is 2. The van der Waals surface area contributed by atoms with Crippen LogP contribution in [-0.4, -0.2) is 72.3 Å². The number of hydrogen-bond acceptors (Lipinski definition) is 3. The number of amides is 3. The van der Waals surface area contributed by atoms with Crippen LogP contribution in [0, 0.1) is 5.82 Å². The molecule has 2 aliphatic rings. The number of urea groups is 1. The lowest BCUT2D eigenvalue weighted by Gasteiger charge is -2.34. The van der Waals surface area contributed by atoms with Gasteiger partial charge in [0.05, 0.1) is 44.5 Å². The highest BCUT2D eigenvalue weighted by atomic mass is 32.2. The smallest absolute Gasteiger partial charge is 0.318 e. The van der Waals surface area contributed by atoms with E-state index in [4.69, 9.17) is 0 Å². The number of carbonyl (C=O) groups is 2. The first-order valence-corrected chi connectivity index (χ1v) is 11.4. The molecule has 0 aromatic heterocycles. The van der Waals surface area contributed by atoms with Crippen LogP contribution in [0.3, 0.4) is 0 Å². The van der Waals surface area contributed by atoms with Gasteiger partial charge in [-0.2, -0.15) is 0 Å². The van der Waals surface area contributed by atoms with E-state index in [0.29, 0.717) is 6.54 Å². The Morgan fingerprint density at radius 2 is 1.93 bits per heavy atom. The van der Waals surface area contributed by atoms with Crippen molar-refractivity contribution in [3.8, 4) is 0 Å². The lowest BCUT2D eigenvalue weighted by molar-refractivity contribution is -0.903. The van der Waals surface area contributed by atoms with E-state index in [-0.39, 0.29) is 34.4 Å². The number of hydrogen-bond donors (Lipinski definition) is 2. The van der Waals surface area contributed by atoms with Crippen molar-refractivity contribution in [2.45, 2.75) is 43.9 Å². The Labute approximate surface area is 176 Å². The number of nitrogens with zero attached hydrogens (tertiary/aromatic N) is 2. The van der Waals surface area contributed by atoms with Crippen LogP contribution in [0.5, 0.6) is 0 Å². The van der Waals surface area contributed by atoms with E-state index in [9.17, 15) is 14.0 Å². The highest BCUT2D eigenvalue weighted by Crippen LogP contribution is 2.43. The fourth-order valence-electron chi connectivity index (χ4n) is 3.86. The number of nitrogens with one attached hydrogen (secondary N) is 2. The second-order valence-electron chi connectivity index (χ2n) is 8.06. The third-order valence-electron chi connectivity index (χ3n) is 5.54. The summed E-state index contributed by atoms with van der Waals surface area (Å²) in [5.41, 5.74) is 0.978. The Morgan fingerprint density at radius 1 is 1.28 bits per heavy atom. The molecule has 160 valence electrons. The quantitative estimate of drug-likeness (QED) is 0.729. The van der Waals surface area contributed by atoms with E-state index < -0.39 is 0 Å². The fourth-order valence-corrected chi connectivity index (χ4v) is 5.29. The van der Waals surface area contributed by atoms with E-state index in [1.807, 2.05) is 30.6 Å². The molecule has 2 aliphatic heterocycles. The molecule has 29 heavy (non-hydrogen) atoms. The summed E-state index contributed by atoms with van der Waals surface area (Å²) < 4.78 is 13.3. The average molecular weight is 424 g/mol. The predicted octanol–water partition coefficient (Wildman–Crippen LogP) is 1.50. The van der Waals surface area contributed by atoms with Gasteiger partial charge in [-0.3, -0.25) is 4.79 Å². The molecule has 0 spiro atoms. The highest BCUT2D eigenvalue weighted by molar-refractivity contribution is 8.01. The first kappa shape index (κ1) is 21.9. The molecule has 0 bridgehead atoms. The van der Waals surface area contributed by atoms with Crippen LogP contribution in [0.25, 0.3) is 0 Å². The van der Waals surface area contributed by atoms with Crippen molar-refractivity contribution in [2.24, 2.45) is 0 Å². The van der Waals surface area contributed by atoms with Gasteiger partial charge in [-0.15, -0.1) is 11.8 Å². The third kappa shape index (κ3) is 5.42. The highest BCUT2D eigenvalue weighted by Gasteiger charge is 2.40. The Morgan fingerprint density at radius 3 is 2.52 bits per heavy atom. The SMILES string of the molecule is CC[C@H]1S[C@@H](c2ccc(F)cc2)N(CC[NH+]2CCN(C(=O)NC(C)C)CC2)C1=O. The van der Waals surface area contributed by atoms with Crippen LogP contribution in [-0.2, 0) is 4.79 Å². The molecule has 0 aliphatic carbocycles. The second kappa shape index (κ2) is 9.80. The molecule has 0 unspecified atom stereocenters. The molecule has 1 aromatic carbocycles. The average Bonchev–Trinajstić information content (AvgIpc) is 3.02. The molecule has 2 fully saturated rings. The molecule has 2 heterocycles. The maximum atomic E-state index is 13.3. The van der Waals surface area contributed by atoms with Crippen LogP contribution >= 0.6 is 11.8 Å². The van der Waals surface area contributed by atoms with E-state index in [0.717, 1.165) is 44.7 Å². The largest absolute Gasteiger partial charge is 0.336 e. The van der Waals surface area contributed by atoms with Gasteiger partial charge >= 0.3 is 6.03 Å². The lowest BCUT2D eigenvalue weighted by atomic mass is 10.2. The Kier molecular flexibility index (Phi) is 7.40. The summed E-state index contributed by atoms with van der Waals surface area (Å²) in [6.45, 7) is 10.7. The van der Waals surface area contributed by atoms with Crippen LogP contribution in [0.4, 0.5) is 9.18 Å². The Bertz CT molecular complexity index is 707. The van der Waals surface area contributed by atoms with Gasteiger partial charge in [0.1, 0.15) is 11.2 Å². The minimum atomic E-state index is -0.259. The van der Waals surface area contributed by atoms with Crippen LogP contribution in [0.15, 0.2) is 24.3 Å². The first-order valence-electron chi connectivity index (χ1n) is 10.5. The minimum Gasteiger partial charge on any atom is -0.336 e. The van der Waals surface area contributed by atoms with Crippen molar-refractivity contribution in [3.05, 3.63) is 35.6 Å². The molecule has 0 radical (unpaired) electrons. The standard InChI is InChI=1S/C21H31FN4O2S/c1-4-18-19(27)26(20(29-18)16-5-7-17(22)8-6-16)14-11-24-9-12-25(13-10-24)21(28)23-15(2)3/h5-8,15,18,20H,4,9-14H2,1-3H3,(H,23,28)/p+1/t18-,20+/m1/s1. The van der Waals surface area contributed by atoms with E-state index in [2.05, 4.69) is 5.32 Å². The van der Waals surface area contributed by atoms with Gasteiger partial charge in [0.25, 0.3) is 0 Å². The second-order valence-corrected chi connectivity index (χ2v) is 9.35. The lowest BCUT2D eigenvalue weighted by Crippen LogP contribution is -3.15.